The van der Waals surface area contributed by atoms with Crippen molar-refractivity contribution in [2.45, 2.75) is 13.0 Å². The Morgan fingerprint density at radius 2 is 2.21 bits per heavy atom. The Balaban J connectivity index is 2.64. The number of aromatic nitrogens is 2. The van der Waals surface area contributed by atoms with Gasteiger partial charge in [0.1, 0.15) is 0 Å². The molecule has 0 aliphatic heterocycles. The Labute approximate surface area is 83.2 Å². The Kier molecular flexibility index (Phi) is 3.82. The average Bonchev–Trinajstić information content (AvgIpc) is 2.08. The number of rotatable bonds is 4. The lowest BCUT2D eigenvalue weighted by Crippen LogP contribution is -2.28. The Morgan fingerprint density at radius 1 is 1.50 bits per heavy atom. The maximum absolute atomic E-state index is 11.1. The first-order valence-corrected chi connectivity index (χ1v) is 5.92. The number of nitrogens with one attached hydrogen (secondary N) is 1. The second-order valence-electron chi connectivity index (χ2n) is 2.93. The van der Waals surface area contributed by atoms with Crippen molar-refractivity contribution >= 4 is 10.8 Å². The molecule has 78 valence electrons. The van der Waals surface area contributed by atoms with Gasteiger partial charge in [0, 0.05) is 41.6 Å². The van der Waals surface area contributed by atoms with E-state index in [1.54, 1.807) is 6.26 Å². The number of hydrogen-bond donors (Lipinski definition) is 1. The van der Waals surface area contributed by atoms with Gasteiger partial charge in [-0.05, 0) is 6.42 Å². The third-order valence-electron chi connectivity index (χ3n) is 1.73. The van der Waals surface area contributed by atoms with Crippen LogP contribution in [0.5, 0.6) is 0 Å². The van der Waals surface area contributed by atoms with Gasteiger partial charge in [0.25, 0.3) is 5.56 Å². The number of H-pyrrole nitrogens is 1. The molecule has 1 aromatic rings. The summed E-state index contributed by atoms with van der Waals surface area (Å²) in [6.07, 6.45) is 3.73. The van der Waals surface area contributed by atoms with Crippen LogP contribution >= 0.6 is 0 Å². The zero-order chi connectivity index (χ0) is 10.6. The highest BCUT2D eigenvalue weighted by Crippen LogP contribution is 1.87. The lowest BCUT2D eigenvalue weighted by molar-refractivity contribution is 0.627. The molecule has 1 unspecified atom stereocenters. The molecule has 0 amide bonds. The number of aryl methyl sites for hydroxylation is 1. The van der Waals surface area contributed by atoms with E-state index in [9.17, 15) is 13.8 Å². The summed E-state index contributed by atoms with van der Waals surface area (Å²) in [6.45, 7) is 0.481. The average molecular weight is 216 g/mol. The number of aromatic amines is 1. The van der Waals surface area contributed by atoms with Gasteiger partial charge in [-0.1, -0.05) is 0 Å². The molecule has 6 heteroatoms. The fraction of sp³-hybridized carbons (Fsp3) is 0.500. The van der Waals surface area contributed by atoms with Crippen LogP contribution in [-0.4, -0.2) is 25.8 Å². The Bertz CT molecular complexity index is 435. The van der Waals surface area contributed by atoms with Crippen LogP contribution in [0.15, 0.2) is 21.9 Å². The van der Waals surface area contributed by atoms with Crippen LogP contribution < -0.4 is 11.2 Å². The normalized spacial score (nSPS) is 12.6. The first kappa shape index (κ1) is 10.9. The molecule has 0 aliphatic rings. The van der Waals surface area contributed by atoms with Crippen LogP contribution in [0.2, 0.25) is 0 Å². The topological polar surface area (TPSA) is 71.9 Å². The molecule has 1 heterocycles. The van der Waals surface area contributed by atoms with Gasteiger partial charge in [0.2, 0.25) is 0 Å². The minimum atomic E-state index is -0.838. The minimum absolute atomic E-state index is 0.398. The van der Waals surface area contributed by atoms with Crippen LogP contribution in [0, 0.1) is 0 Å². The van der Waals surface area contributed by atoms with E-state index in [1.165, 1.54) is 16.8 Å². The Hall–Kier alpha value is -1.17. The van der Waals surface area contributed by atoms with E-state index in [0.29, 0.717) is 18.7 Å². The predicted molar refractivity (Wildman–Crippen MR) is 54.9 cm³/mol. The van der Waals surface area contributed by atoms with Gasteiger partial charge in [-0.25, -0.2) is 4.79 Å². The SMILES string of the molecule is CS(=O)CCCn1ccc(=O)[nH]c1=O. The van der Waals surface area contributed by atoms with Gasteiger partial charge >= 0.3 is 5.69 Å². The quantitative estimate of drug-likeness (QED) is 0.723. The summed E-state index contributed by atoms with van der Waals surface area (Å²) in [4.78, 5) is 24.0. The van der Waals surface area contributed by atoms with Crippen molar-refractivity contribution < 1.29 is 4.21 Å². The van der Waals surface area contributed by atoms with Crippen molar-refractivity contribution in [3.05, 3.63) is 33.1 Å². The van der Waals surface area contributed by atoms with Gasteiger partial charge in [-0.2, -0.15) is 0 Å². The van der Waals surface area contributed by atoms with Crippen molar-refractivity contribution in [1.82, 2.24) is 9.55 Å². The second-order valence-corrected chi connectivity index (χ2v) is 4.49. The summed E-state index contributed by atoms with van der Waals surface area (Å²) in [7, 11) is -0.838. The van der Waals surface area contributed by atoms with Gasteiger partial charge in [-0.15, -0.1) is 0 Å². The molecule has 0 radical (unpaired) electrons. The molecule has 0 saturated heterocycles. The van der Waals surface area contributed by atoms with Crippen molar-refractivity contribution in [2.75, 3.05) is 12.0 Å². The molecule has 1 N–H and O–H groups in total. The predicted octanol–water partition coefficient (Wildman–Crippen LogP) is -0.695. The van der Waals surface area contributed by atoms with Gasteiger partial charge < -0.3 is 4.57 Å². The molecule has 1 aromatic heterocycles. The fourth-order valence-corrected chi connectivity index (χ4v) is 1.59. The van der Waals surface area contributed by atoms with Crippen molar-refractivity contribution in [3.8, 4) is 0 Å². The summed E-state index contributed by atoms with van der Waals surface area (Å²) in [5.41, 5.74) is -0.815. The molecule has 1 atom stereocenters. The van der Waals surface area contributed by atoms with Gasteiger partial charge in [0.15, 0.2) is 0 Å². The minimum Gasteiger partial charge on any atom is -0.301 e. The largest absolute Gasteiger partial charge is 0.328 e. The van der Waals surface area contributed by atoms with E-state index in [2.05, 4.69) is 4.98 Å². The van der Waals surface area contributed by atoms with E-state index in [1.807, 2.05) is 0 Å². The smallest absolute Gasteiger partial charge is 0.301 e. The summed E-state index contributed by atoms with van der Waals surface area (Å²) in [5, 5.41) is 0. The zero-order valence-electron chi connectivity index (χ0n) is 7.86. The van der Waals surface area contributed by atoms with Gasteiger partial charge in [0.05, 0.1) is 0 Å². The first-order valence-electron chi connectivity index (χ1n) is 4.19. The molecule has 1 rings (SSSR count). The van der Waals surface area contributed by atoms with Crippen LogP contribution in [0.4, 0.5) is 0 Å². The highest BCUT2D eigenvalue weighted by molar-refractivity contribution is 7.84. The van der Waals surface area contributed by atoms with E-state index in [0.717, 1.165) is 0 Å². The van der Waals surface area contributed by atoms with Crippen molar-refractivity contribution in [3.63, 3.8) is 0 Å². The third kappa shape index (κ3) is 3.29. The van der Waals surface area contributed by atoms with Crippen LogP contribution in [0.1, 0.15) is 6.42 Å². The fourth-order valence-electron chi connectivity index (χ4n) is 1.06. The van der Waals surface area contributed by atoms with Crippen LogP contribution in [0.3, 0.4) is 0 Å². The summed E-state index contributed by atoms with van der Waals surface area (Å²) < 4.78 is 12.1. The maximum Gasteiger partial charge on any atom is 0.328 e. The van der Waals surface area contributed by atoms with Crippen LogP contribution in [-0.2, 0) is 17.3 Å². The third-order valence-corrected chi connectivity index (χ3v) is 2.59. The first-order chi connectivity index (χ1) is 6.59. The van der Waals surface area contributed by atoms with E-state index >= 15 is 0 Å². The lowest BCUT2D eigenvalue weighted by Gasteiger charge is -2.02. The molecule has 0 saturated carbocycles. The molecule has 0 fully saturated rings. The highest BCUT2D eigenvalue weighted by atomic mass is 32.2. The number of nitrogens with zero attached hydrogens (tertiary/aromatic N) is 1. The molecule has 14 heavy (non-hydrogen) atoms. The monoisotopic (exact) mass is 216 g/mol. The molecule has 0 aromatic carbocycles. The standard InChI is InChI=1S/C8H12N2O3S/c1-14(13)6-2-4-10-5-3-7(11)9-8(10)12/h3,5H,2,4,6H2,1H3,(H,9,11,12). The maximum atomic E-state index is 11.1. The lowest BCUT2D eigenvalue weighted by atomic mass is 10.4. The van der Waals surface area contributed by atoms with E-state index in [4.69, 9.17) is 0 Å². The van der Waals surface area contributed by atoms with Gasteiger partial charge in [-0.3, -0.25) is 14.0 Å². The van der Waals surface area contributed by atoms with E-state index < -0.39 is 22.0 Å². The Morgan fingerprint density at radius 3 is 2.79 bits per heavy atom. The second kappa shape index (κ2) is 4.90. The van der Waals surface area contributed by atoms with Crippen LogP contribution in [0.25, 0.3) is 0 Å². The van der Waals surface area contributed by atoms with E-state index in [-0.39, 0.29) is 0 Å². The summed E-state index contributed by atoms with van der Waals surface area (Å²) >= 11 is 0. The summed E-state index contributed by atoms with van der Waals surface area (Å²) in [6, 6.07) is 1.30. The molecule has 0 aliphatic carbocycles. The zero-order valence-corrected chi connectivity index (χ0v) is 8.67. The highest BCUT2D eigenvalue weighted by Gasteiger charge is 1.97. The van der Waals surface area contributed by atoms with Crippen molar-refractivity contribution in [2.24, 2.45) is 0 Å². The number of hydrogen-bond acceptors (Lipinski definition) is 3. The molecular formula is C8H12N2O3S. The summed E-state index contributed by atoms with van der Waals surface area (Å²) in [5.74, 6) is 0.561. The molecular weight excluding hydrogens is 204 g/mol. The molecule has 0 bridgehead atoms. The molecule has 5 nitrogen and oxygen atoms in total. The van der Waals surface area contributed by atoms with Crippen molar-refractivity contribution in [1.29, 1.82) is 0 Å². The molecule has 0 spiro atoms.